The van der Waals surface area contributed by atoms with E-state index in [0.29, 0.717) is 17.4 Å². The second kappa shape index (κ2) is 6.38. The first-order valence-corrected chi connectivity index (χ1v) is 7.26. The largest absolute Gasteiger partial charge is 0.207 e. The first kappa shape index (κ1) is 13.6. The number of aryl methyl sites for hydroxylation is 1. The Bertz CT molecular complexity index is 431. The summed E-state index contributed by atoms with van der Waals surface area (Å²) in [6.07, 6.45) is 8.61. The van der Waals surface area contributed by atoms with E-state index in [4.69, 9.17) is 11.6 Å². The summed E-state index contributed by atoms with van der Waals surface area (Å²) < 4.78 is 13.2. The Kier molecular flexibility index (Phi) is 4.82. The molecular weight excluding hydrogens is 247 g/mol. The molecule has 1 aliphatic carbocycles. The quantitative estimate of drug-likeness (QED) is 0.648. The van der Waals surface area contributed by atoms with Gasteiger partial charge in [-0.2, -0.15) is 0 Å². The van der Waals surface area contributed by atoms with E-state index in [9.17, 15) is 4.39 Å². The highest BCUT2D eigenvalue weighted by molar-refractivity contribution is 6.19. The zero-order valence-corrected chi connectivity index (χ0v) is 11.6. The molecule has 2 heteroatoms. The number of hydrogen-bond donors (Lipinski definition) is 0. The van der Waals surface area contributed by atoms with E-state index in [0.717, 1.165) is 5.56 Å². The van der Waals surface area contributed by atoms with Crippen LogP contribution in [0.25, 0.3) is 6.08 Å². The fourth-order valence-electron chi connectivity index (χ4n) is 2.71. The normalized spacial score (nSPS) is 18.1. The minimum Gasteiger partial charge on any atom is -0.207 e. The maximum atomic E-state index is 13.2. The van der Waals surface area contributed by atoms with Gasteiger partial charge in [0.2, 0.25) is 0 Å². The molecular formula is C16H20ClF. The van der Waals surface area contributed by atoms with Crippen molar-refractivity contribution in [3.05, 3.63) is 40.7 Å². The molecule has 0 aliphatic heterocycles. The van der Waals surface area contributed by atoms with E-state index in [2.05, 4.69) is 6.08 Å². The standard InChI is InChI=1S/C16H20ClF/c1-12-9-13(7-8-16(12)18)10-15(11-17)14-5-3-2-4-6-14/h7-10,14H,2-6,11H2,1H3. The number of rotatable bonds is 3. The Morgan fingerprint density at radius 3 is 2.67 bits per heavy atom. The lowest BCUT2D eigenvalue weighted by Gasteiger charge is -2.23. The summed E-state index contributed by atoms with van der Waals surface area (Å²) in [5, 5.41) is 0. The van der Waals surface area contributed by atoms with Crippen LogP contribution in [0.4, 0.5) is 4.39 Å². The molecule has 1 aliphatic rings. The molecule has 2 rings (SSSR count). The summed E-state index contributed by atoms with van der Waals surface area (Å²) in [5.41, 5.74) is 3.07. The fraction of sp³-hybridized carbons (Fsp3) is 0.500. The maximum Gasteiger partial charge on any atom is 0.126 e. The van der Waals surface area contributed by atoms with Crippen LogP contribution in [0.5, 0.6) is 0 Å². The van der Waals surface area contributed by atoms with E-state index >= 15 is 0 Å². The monoisotopic (exact) mass is 266 g/mol. The van der Waals surface area contributed by atoms with Crippen LogP contribution < -0.4 is 0 Å². The molecule has 0 atom stereocenters. The molecule has 0 saturated heterocycles. The highest BCUT2D eigenvalue weighted by Gasteiger charge is 2.17. The van der Waals surface area contributed by atoms with Gasteiger partial charge in [-0.15, -0.1) is 11.6 Å². The van der Waals surface area contributed by atoms with Crippen LogP contribution in [-0.4, -0.2) is 5.88 Å². The lowest BCUT2D eigenvalue weighted by molar-refractivity contribution is 0.405. The van der Waals surface area contributed by atoms with Gasteiger partial charge in [-0.1, -0.05) is 37.0 Å². The first-order valence-electron chi connectivity index (χ1n) is 6.73. The van der Waals surface area contributed by atoms with Gasteiger partial charge < -0.3 is 0 Å². The van der Waals surface area contributed by atoms with E-state index in [1.807, 2.05) is 12.1 Å². The van der Waals surface area contributed by atoms with Gasteiger partial charge in [-0.25, -0.2) is 4.39 Å². The predicted octanol–water partition coefficient (Wildman–Crippen LogP) is 5.34. The summed E-state index contributed by atoms with van der Waals surface area (Å²) in [6, 6.07) is 5.26. The zero-order chi connectivity index (χ0) is 13.0. The number of hydrogen-bond acceptors (Lipinski definition) is 0. The van der Waals surface area contributed by atoms with E-state index in [1.54, 1.807) is 6.92 Å². The van der Waals surface area contributed by atoms with Crippen LogP contribution in [0.1, 0.15) is 43.2 Å². The molecule has 0 spiro atoms. The molecule has 0 nitrogen and oxygen atoms in total. The Morgan fingerprint density at radius 2 is 2.06 bits per heavy atom. The Balaban J connectivity index is 2.19. The van der Waals surface area contributed by atoms with E-state index in [1.165, 1.54) is 43.7 Å². The molecule has 0 unspecified atom stereocenters. The van der Waals surface area contributed by atoms with Gasteiger partial charge in [0.1, 0.15) is 5.82 Å². The van der Waals surface area contributed by atoms with Gasteiger partial charge in [0.25, 0.3) is 0 Å². The zero-order valence-electron chi connectivity index (χ0n) is 10.9. The average molecular weight is 267 g/mol. The Hall–Kier alpha value is -0.820. The lowest BCUT2D eigenvalue weighted by atomic mass is 9.83. The van der Waals surface area contributed by atoms with Crippen molar-refractivity contribution in [1.82, 2.24) is 0 Å². The third-order valence-electron chi connectivity index (χ3n) is 3.82. The van der Waals surface area contributed by atoms with Crippen molar-refractivity contribution in [2.75, 3.05) is 5.88 Å². The molecule has 1 saturated carbocycles. The summed E-state index contributed by atoms with van der Waals surface area (Å²) >= 11 is 6.08. The molecule has 0 bridgehead atoms. The van der Waals surface area contributed by atoms with Crippen molar-refractivity contribution in [2.24, 2.45) is 5.92 Å². The van der Waals surface area contributed by atoms with Gasteiger partial charge in [0.15, 0.2) is 0 Å². The van der Waals surface area contributed by atoms with Crippen molar-refractivity contribution in [3.63, 3.8) is 0 Å². The smallest absolute Gasteiger partial charge is 0.126 e. The van der Waals surface area contributed by atoms with Crippen LogP contribution in [0.15, 0.2) is 23.8 Å². The predicted molar refractivity (Wildman–Crippen MR) is 76.4 cm³/mol. The maximum absolute atomic E-state index is 13.2. The minimum atomic E-state index is -0.141. The summed E-state index contributed by atoms with van der Waals surface area (Å²) in [6.45, 7) is 1.80. The number of halogens is 2. The van der Waals surface area contributed by atoms with Crippen molar-refractivity contribution < 1.29 is 4.39 Å². The number of benzene rings is 1. The van der Waals surface area contributed by atoms with Gasteiger partial charge >= 0.3 is 0 Å². The van der Waals surface area contributed by atoms with Crippen molar-refractivity contribution >= 4 is 17.7 Å². The highest BCUT2D eigenvalue weighted by atomic mass is 35.5. The SMILES string of the molecule is Cc1cc(C=C(CCl)C2CCCCC2)ccc1F. The fourth-order valence-corrected chi connectivity index (χ4v) is 3.01. The van der Waals surface area contributed by atoms with Crippen LogP contribution in [0.3, 0.4) is 0 Å². The molecule has 0 radical (unpaired) electrons. The van der Waals surface area contributed by atoms with E-state index in [-0.39, 0.29) is 5.82 Å². The van der Waals surface area contributed by atoms with Crippen LogP contribution in [-0.2, 0) is 0 Å². The summed E-state index contributed by atoms with van der Waals surface area (Å²) in [4.78, 5) is 0. The van der Waals surface area contributed by atoms with Crippen LogP contribution >= 0.6 is 11.6 Å². The Labute approximate surface area is 114 Å². The van der Waals surface area contributed by atoms with Gasteiger partial charge in [-0.3, -0.25) is 0 Å². The highest BCUT2D eigenvalue weighted by Crippen LogP contribution is 2.31. The third kappa shape index (κ3) is 3.35. The van der Waals surface area contributed by atoms with Crippen LogP contribution in [0, 0.1) is 18.7 Å². The topological polar surface area (TPSA) is 0 Å². The molecule has 0 N–H and O–H groups in total. The Morgan fingerprint density at radius 1 is 1.33 bits per heavy atom. The lowest BCUT2D eigenvalue weighted by Crippen LogP contribution is -2.10. The average Bonchev–Trinajstić information content (AvgIpc) is 2.41. The number of alkyl halides is 1. The molecule has 0 aromatic heterocycles. The molecule has 0 amide bonds. The summed E-state index contributed by atoms with van der Waals surface area (Å²) in [5.74, 6) is 1.07. The summed E-state index contributed by atoms with van der Waals surface area (Å²) in [7, 11) is 0. The molecule has 1 aromatic carbocycles. The van der Waals surface area contributed by atoms with Crippen molar-refractivity contribution in [1.29, 1.82) is 0 Å². The molecule has 1 aromatic rings. The second-order valence-electron chi connectivity index (χ2n) is 5.20. The first-order chi connectivity index (χ1) is 8.70. The van der Waals surface area contributed by atoms with Gasteiger partial charge in [0, 0.05) is 5.88 Å². The molecule has 1 fully saturated rings. The molecule has 18 heavy (non-hydrogen) atoms. The second-order valence-corrected chi connectivity index (χ2v) is 5.46. The minimum absolute atomic E-state index is 0.141. The third-order valence-corrected chi connectivity index (χ3v) is 4.13. The van der Waals surface area contributed by atoms with E-state index < -0.39 is 0 Å². The van der Waals surface area contributed by atoms with Gasteiger partial charge in [0.05, 0.1) is 0 Å². The van der Waals surface area contributed by atoms with Gasteiger partial charge in [-0.05, 0) is 48.9 Å². The molecule has 98 valence electrons. The number of allylic oxidation sites excluding steroid dienone is 1. The van der Waals surface area contributed by atoms with Crippen molar-refractivity contribution in [3.8, 4) is 0 Å². The van der Waals surface area contributed by atoms with Crippen LogP contribution in [0.2, 0.25) is 0 Å². The molecule has 0 heterocycles. The van der Waals surface area contributed by atoms with Crippen molar-refractivity contribution in [2.45, 2.75) is 39.0 Å².